The molecule has 0 spiro atoms. The Hall–Kier alpha value is -2.23. The van der Waals surface area contributed by atoms with Crippen LogP contribution in [0.3, 0.4) is 0 Å². The molecule has 9 nitrogen and oxygen atoms in total. The molecular weight excluding hydrogens is 324 g/mol. The second kappa shape index (κ2) is 6.95. The Morgan fingerprint density at radius 2 is 2.32 bits per heavy atom. The van der Waals surface area contributed by atoms with E-state index < -0.39 is 5.54 Å². The van der Waals surface area contributed by atoms with E-state index in [1.54, 1.807) is 10.9 Å². The molecule has 25 heavy (non-hydrogen) atoms. The second-order valence-corrected chi connectivity index (χ2v) is 6.60. The molecule has 0 unspecified atom stereocenters. The molecule has 1 amide bonds. The van der Waals surface area contributed by atoms with Gasteiger partial charge in [-0.25, -0.2) is 0 Å². The first-order chi connectivity index (χ1) is 12.0. The third-order valence-corrected chi connectivity index (χ3v) is 4.89. The first-order valence-electron chi connectivity index (χ1n) is 8.19. The Morgan fingerprint density at radius 3 is 3.00 bits per heavy atom. The van der Waals surface area contributed by atoms with E-state index >= 15 is 0 Å². The van der Waals surface area contributed by atoms with Gasteiger partial charge in [0.25, 0.3) is 5.91 Å². The van der Waals surface area contributed by atoms with Gasteiger partial charge in [0.2, 0.25) is 0 Å². The van der Waals surface area contributed by atoms with Crippen molar-refractivity contribution in [3.8, 4) is 11.3 Å². The quantitative estimate of drug-likeness (QED) is 0.680. The number of aromatic nitrogens is 4. The number of aliphatic hydroxyl groups is 1. The van der Waals surface area contributed by atoms with Gasteiger partial charge in [-0.05, 0) is 14.0 Å². The van der Waals surface area contributed by atoms with E-state index in [0.29, 0.717) is 24.5 Å². The third-order valence-electron chi connectivity index (χ3n) is 4.89. The number of ether oxygens (including phenoxy) is 1. The van der Waals surface area contributed by atoms with Gasteiger partial charge in [-0.3, -0.25) is 19.5 Å². The van der Waals surface area contributed by atoms with Gasteiger partial charge in [0, 0.05) is 31.4 Å². The maximum Gasteiger partial charge on any atom is 0.255 e. The highest BCUT2D eigenvalue weighted by Gasteiger charge is 2.40. The summed E-state index contributed by atoms with van der Waals surface area (Å²) in [6.45, 7) is 3.18. The summed E-state index contributed by atoms with van der Waals surface area (Å²) in [4.78, 5) is 14.7. The number of amides is 1. The molecule has 136 valence electrons. The summed E-state index contributed by atoms with van der Waals surface area (Å²) in [5.74, 6) is -0.257. The van der Waals surface area contributed by atoms with Crippen LogP contribution in [0.4, 0.5) is 0 Å². The minimum atomic E-state index is -0.633. The lowest BCUT2D eigenvalue weighted by atomic mass is 9.96. The van der Waals surface area contributed by atoms with E-state index in [9.17, 15) is 9.90 Å². The van der Waals surface area contributed by atoms with Gasteiger partial charge in [0.05, 0.1) is 49.0 Å². The predicted molar refractivity (Wildman–Crippen MR) is 91.0 cm³/mol. The van der Waals surface area contributed by atoms with Crippen molar-refractivity contribution in [3.05, 3.63) is 24.2 Å². The lowest BCUT2D eigenvalue weighted by Crippen LogP contribution is -2.65. The van der Waals surface area contributed by atoms with Crippen LogP contribution < -0.4 is 5.32 Å². The van der Waals surface area contributed by atoms with Crippen LogP contribution in [0.1, 0.15) is 17.3 Å². The van der Waals surface area contributed by atoms with E-state index in [-0.39, 0.29) is 25.1 Å². The van der Waals surface area contributed by atoms with Crippen molar-refractivity contribution in [2.45, 2.75) is 18.5 Å². The highest BCUT2D eigenvalue weighted by atomic mass is 16.5. The summed E-state index contributed by atoms with van der Waals surface area (Å²) in [7, 11) is 3.75. The molecule has 3 heterocycles. The Balaban J connectivity index is 1.74. The van der Waals surface area contributed by atoms with Crippen molar-refractivity contribution in [1.29, 1.82) is 0 Å². The first kappa shape index (κ1) is 17.6. The van der Waals surface area contributed by atoms with Gasteiger partial charge in [0.15, 0.2) is 0 Å². The Morgan fingerprint density at radius 1 is 1.52 bits per heavy atom. The number of carbonyl (C=O) groups is 1. The average molecular weight is 348 g/mol. The Labute approximate surface area is 146 Å². The fourth-order valence-corrected chi connectivity index (χ4v) is 3.06. The Bertz CT molecular complexity index is 742. The smallest absolute Gasteiger partial charge is 0.255 e. The number of hydrogen-bond acceptors (Lipinski definition) is 6. The van der Waals surface area contributed by atoms with Crippen molar-refractivity contribution in [2.24, 2.45) is 7.05 Å². The second-order valence-electron chi connectivity index (χ2n) is 6.60. The van der Waals surface area contributed by atoms with E-state index in [4.69, 9.17) is 4.74 Å². The number of likely N-dealkylation sites (N-methyl/N-ethyl adjacent to an activating group) is 1. The standard InChI is InChI=1S/C16H24N6O3/c1-11-7-25-10-16(9-23,22(11)3)8-17-15(24)13-5-18-20-14(13)12-4-19-21(2)6-12/h4-6,11,23H,7-10H2,1-3H3,(H,17,24)(H,18,20)/t11-,16+/m1/s1. The van der Waals surface area contributed by atoms with Gasteiger partial charge in [-0.2, -0.15) is 10.2 Å². The van der Waals surface area contributed by atoms with Gasteiger partial charge in [-0.15, -0.1) is 0 Å². The maximum absolute atomic E-state index is 12.7. The van der Waals surface area contributed by atoms with Crippen LogP contribution in [-0.2, 0) is 11.8 Å². The average Bonchev–Trinajstić information content (AvgIpc) is 3.25. The molecule has 2 aromatic rings. The number of morpholine rings is 1. The molecule has 0 aliphatic carbocycles. The number of H-pyrrole nitrogens is 1. The molecule has 1 fully saturated rings. The van der Waals surface area contributed by atoms with Crippen molar-refractivity contribution in [1.82, 2.24) is 30.2 Å². The van der Waals surface area contributed by atoms with Crippen molar-refractivity contribution in [2.75, 3.05) is 33.4 Å². The van der Waals surface area contributed by atoms with Crippen molar-refractivity contribution >= 4 is 5.91 Å². The number of aliphatic hydroxyl groups excluding tert-OH is 1. The third kappa shape index (κ3) is 3.30. The topological polar surface area (TPSA) is 108 Å². The van der Waals surface area contributed by atoms with Gasteiger partial charge < -0.3 is 15.2 Å². The van der Waals surface area contributed by atoms with Crippen LogP contribution in [0, 0.1) is 0 Å². The molecule has 2 atom stereocenters. The number of nitrogens with zero attached hydrogens (tertiary/aromatic N) is 4. The molecule has 3 N–H and O–H groups in total. The highest BCUT2D eigenvalue weighted by Crippen LogP contribution is 2.23. The lowest BCUT2D eigenvalue weighted by Gasteiger charge is -2.47. The van der Waals surface area contributed by atoms with Crippen LogP contribution in [-0.4, -0.2) is 80.9 Å². The summed E-state index contributed by atoms with van der Waals surface area (Å²) >= 11 is 0. The summed E-state index contributed by atoms with van der Waals surface area (Å²) in [6.07, 6.45) is 4.97. The molecule has 2 aromatic heterocycles. The van der Waals surface area contributed by atoms with Crippen LogP contribution in [0.25, 0.3) is 11.3 Å². The van der Waals surface area contributed by atoms with Crippen LogP contribution in [0.5, 0.6) is 0 Å². The zero-order chi connectivity index (χ0) is 18.0. The zero-order valence-corrected chi connectivity index (χ0v) is 14.7. The molecule has 9 heteroatoms. The number of carbonyl (C=O) groups excluding carboxylic acids is 1. The van der Waals surface area contributed by atoms with Crippen LogP contribution >= 0.6 is 0 Å². The Kier molecular flexibility index (Phi) is 4.89. The monoisotopic (exact) mass is 348 g/mol. The van der Waals surface area contributed by atoms with E-state index in [2.05, 4.69) is 25.5 Å². The van der Waals surface area contributed by atoms with Gasteiger partial charge >= 0.3 is 0 Å². The summed E-state index contributed by atoms with van der Waals surface area (Å²) < 4.78 is 7.26. The van der Waals surface area contributed by atoms with Crippen LogP contribution in [0.2, 0.25) is 0 Å². The minimum absolute atomic E-state index is 0.102. The minimum Gasteiger partial charge on any atom is -0.394 e. The number of aromatic amines is 1. The molecular formula is C16H24N6O3. The zero-order valence-electron chi connectivity index (χ0n) is 14.7. The van der Waals surface area contributed by atoms with E-state index in [0.717, 1.165) is 5.56 Å². The van der Waals surface area contributed by atoms with E-state index in [1.807, 2.05) is 27.2 Å². The lowest BCUT2D eigenvalue weighted by molar-refractivity contribution is -0.105. The molecule has 0 saturated carbocycles. The predicted octanol–water partition coefficient (Wildman–Crippen LogP) is -0.378. The fourth-order valence-electron chi connectivity index (χ4n) is 3.06. The molecule has 1 aliphatic heterocycles. The molecule has 1 saturated heterocycles. The van der Waals surface area contributed by atoms with Crippen LogP contribution in [0.15, 0.2) is 18.6 Å². The largest absolute Gasteiger partial charge is 0.394 e. The number of aryl methyl sites for hydroxylation is 1. The SMILES string of the molecule is C[C@@H]1COC[C@@](CO)(CNC(=O)c2cn[nH]c2-c2cnn(C)c2)N1C. The molecule has 0 bridgehead atoms. The van der Waals surface area contributed by atoms with Crippen molar-refractivity contribution < 1.29 is 14.6 Å². The summed E-state index contributed by atoms with van der Waals surface area (Å²) in [5.41, 5.74) is 1.21. The molecule has 0 radical (unpaired) electrons. The molecule has 0 aromatic carbocycles. The maximum atomic E-state index is 12.7. The summed E-state index contributed by atoms with van der Waals surface area (Å²) in [5, 5.41) is 23.8. The highest BCUT2D eigenvalue weighted by molar-refractivity contribution is 5.99. The van der Waals surface area contributed by atoms with Gasteiger partial charge in [0.1, 0.15) is 0 Å². The normalized spacial score (nSPS) is 24.4. The number of nitrogens with one attached hydrogen (secondary N) is 2. The van der Waals surface area contributed by atoms with Crippen molar-refractivity contribution in [3.63, 3.8) is 0 Å². The van der Waals surface area contributed by atoms with E-state index in [1.165, 1.54) is 6.20 Å². The molecule has 1 aliphatic rings. The number of rotatable bonds is 5. The fraction of sp³-hybridized carbons (Fsp3) is 0.562. The first-order valence-corrected chi connectivity index (χ1v) is 8.19. The molecule has 3 rings (SSSR count). The number of hydrogen-bond donors (Lipinski definition) is 3. The summed E-state index contributed by atoms with van der Waals surface area (Å²) in [6, 6.07) is 0.165. The van der Waals surface area contributed by atoms with Gasteiger partial charge in [-0.1, -0.05) is 0 Å².